The summed E-state index contributed by atoms with van der Waals surface area (Å²) < 4.78 is 6.17. The molecule has 1 heterocycles. The van der Waals surface area contributed by atoms with Crippen LogP contribution in [0, 0.1) is 0 Å². The first-order valence-corrected chi connectivity index (χ1v) is 9.97. The summed E-state index contributed by atoms with van der Waals surface area (Å²) in [5, 5.41) is 6.89. The van der Waals surface area contributed by atoms with Crippen LogP contribution in [0.4, 0.5) is 5.69 Å². The van der Waals surface area contributed by atoms with E-state index < -0.39 is 0 Å². The van der Waals surface area contributed by atoms with Crippen molar-refractivity contribution in [3.05, 3.63) is 94.8 Å². The Morgan fingerprint density at radius 3 is 2.28 bits per heavy atom. The van der Waals surface area contributed by atoms with Crippen molar-refractivity contribution in [2.24, 2.45) is 5.10 Å². The highest BCUT2D eigenvalue weighted by molar-refractivity contribution is 6.31. The van der Waals surface area contributed by atoms with E-state index in [1.165, 1.54) is 5.56 Å². The van der Waals surface area contributed by atoms with Gasteiger partial charge in [-0.05, 0) is 41.3 Å². The van der Waals surface area contributed by atoms with Gasteiger partial charge in [-0.1, -0.05) is 74.8 Å². The molecule has 0 aliphatic heterocycles. The molecule has 29 heavy (non-hydrogen) atoms. The van der Waals surface area contributed by atoms with E-state index in [-0.39, 0.29) is 5.41 Å². The summed E-state index contributed by atoms with van der Waals surface area (Å²) in [5.41, 5.74) is 7.17. The molecule has 0 saturated heterocycles. The van der Waals surface area contributed by atoms with E-state index in [0.29, 0.717) is 5.02 Å². The summed E-state index contributed by atoms with van der Waals surface area (Å²) in [5.74, 6) is 0.758. The lowest BCUT2D eigenvalue weighted by Gasteiger charge is -2.19. The molecule has 0 saturated carbocycles. The number of para-hydroxylation sites is 1. The van der Waals surface area contributed by atoms with Gasteiger partial charge >= 0.3 is 0 Å². The smallest absolute Gasteiger partial charge is 0.137 e. The molecular weight excluding hydrogens is 380 g/mol. The number of rotatable bonds is 3. The summed E-state index contributed by atoms with van der Waals surface area (Å²) in [6.07, 6.45) is 0. The highest BCUT2D eigenvalue weighted by atomic mass is 35.5. The summed E-state index contributed by atoms with van der Waals surface area (Å²) in [6.45, 7) is 6.62. The number of hydrogen-bond donors (Lipinski definition) is 1. The molecule has 0 fully saturated rings. The predicted molar refractivity (Wildman–Crippen MR) is 121 cm³/mol. The van der Waals surface area contributed by atoms with Gasteiger partial charge in [0.1, 0.15) is 11.3 Å². The predicted octanol–water partition coefficient (Wildman–Crippen LogP) is 6.98. The van der Waals surface area contributed by atoms with Crippen molar-refractivity contribution in [2.75, 3.05) is 5.43 Å². The van der Waals surface area contributed by atoms with Crippen molar-refractivity contribution in [1.29, 1.82) is 0 Å². The second kappa shape index (κ2) is 7.76. The Hall–Kier alpha value is -3.04. The van der Waals surface area contributed by atoms with Crippen LogP contribution < -0.4 is 10.8 Å². The normalized spacial score (nSPS) is 12.3. The fraction of sp³-hybridized carbons (Fsp3) is 0.160. The number of nitrogens with one attached hydrogen (secondary N) is 1. The molecule has 4 rings (SSSR count). The van der Waals surface area contributed by atoms with Crippen LogP contribution in [0.25, 0.3) is 22.3 Å². The number of anilines is 1. The topological polar surface area (TPSA) is 37.5 Å². The zero-order valence-corrected chi connectivity index (χ0v) is 17.5. The SMILES string of the molecule is CC(C)(C)c1ccc(-c2c/c(=N/Nc3ccccc3)c3cc(Cl)ccc3o2)cc1. The molecule has 0 aliphatic rings. The Bertz CT molecular complexity index is 1200. The minimum Gasteiger partial charge on any atom is -0.456 e. The lowest BCUT2D eigenvalue weighted by molar-refractivity contribution is 0.589. The third kappa shape index (κ3) is 4.36. The quantitative estimate of drug-likeness (QED) is 0.375. The van der Waals surface area contributed by atoms with E-state index in [9.17, 15) is 0 Å². The molecule has 0 bridgehead atoms. The molecule has 1 aromatic heterocycles. The van der Waals surface area contributed by atoms with Crippen molar-refractivity contribution in [1.82, 2.24) is 0 Å². The van der Waals surface area contributed by atoms with Crippen molar-refractivity contribution >= 4 is 28.3 Å². The summed E-state index contributed by atoms with van der Waals surface area (Å²) in [7, 11) is 0. The van der Waals surface area contributed by atoms with Crippen LogP contribution >= 0.6 is 11.6 Å². The van der Waals surface area contributed by atoms with Crippen molar-refractivity contribution in [3.63, 3.8) is 0 Å². The number of halogens is 1. The van der Waals surface area contributed by atoms with Gasteiger partial charge < -0.3 is 4.42 Å². The zero-order valence-electron chi connectivity index (χ0n) is 16.7. The Kier molecular flexibility index (Phi) is 5.16. The summed E-state index contributed by atoms with van der Waals surface area (Å²) in [4.78, 5) is 0. The molecule has 4 aromatic rings. The van der Waals surface area contributed by atoms with Crippen LogP contribution in [0.3, 0.4) is 0 Å². The molecule has 0 aliphatic carbocycles. The maximum absolute atomic E-state index is 6.22. The first-order valence-electron chi connectivity index (χ1n) is 9.59. The van der Waals surface area contributed by atoms with E-state index >= 15 is 0 Å². The molecule has 146 valence electrons. The Morgan fingerprint density at radius 2 is 1.59 bits per heavy atom. The first kappa shape index (κ1) is 19.3. The van der Waals surface area contributed by atoms with Crippen molar-refractivity contribution in [3.8, 4) is 11.3 Å². The molecule has 3 nitrogen and oxygen atoms in total. The fourth-order valence-electron chi connectivity index (χ4n) is 3.15. The summed E-state index contributed by atoms with van der Waals surface area (Å²) in [6, 6.07) is 25.9. The van der Waals surface area contributed by atoms with Crippen molar-refractivity contribution in [2.45, 2.75) is 26.2 Å². The highest BCUT2D eigenvalue weighted by Gasteiger charge is 2.14. The molecule has 0 spiro atoms. The molecular formula is C25H23ClN2O. The number of benzene rings is 3. The molecule has 1 N–H and O–H groups in total. The largest absolute Gasteiger partial charge is 0.456 e. The molecule has 3 aromatic carbocycles. The second-order valence-electron chi connectivity index (χ2n) is 8.05. The molecule has 0 unspecified atom stereocenters. The van der Waals surface area contributed by atoms with Crippen LogP contribution in [-0.4, -0.2) is 0 Å². The third-order valence-electron chi connectivity index (χ3n) is 4.82. The Morgan fingerprint density at radius 1 is 0.862 bits per heavy atom. The van der Waals surface area contributed by atoms with E-state index in [0.717, 1.165) is 33.3 Å². The van der Waals surface area contributed by atoms with Gasteiger partial charge in [-0.3, -0.25) is 5.43 Å². The van der Waals surface area contributed by atoms with Gasteiger partial charge in [0.05, 0.1) is 11.0 Å². The van der Waals surface area contributed by atoms with Gasteiger partial charge in [0.2, 0.25) is 0 Å². The minimum atomic E-state index is 0.107. The van der Waals surface area contributed by atoms with Crippen LogP contribution in [0.2, 0.25) is 5.02 Å². The van der Waals surface area contributed by atoms with Crippen LogP contribution in [-0.2, 0) is 5.41 Å². The van der Waals surface area contributed by atoms with Crippen LogP contribution in [0.5, 0.6) is 0 Å². The van der Waals surface area contributed by atoms with Gasteiger partial charge in [0, 0.05) is 22.0 Å². The van der Waals surface area contributed by atoms with E-state index in [2.05, 4.69) is 55.6 Å². The Labute approximate surface area is 175 Å². The number of hydrogen-bond acceptors (Lipinski definition) is 3. The van der Waals surface area contributed by atoms with Crippen molar-refractivity contribution < 1.29 is 4.42 Å². The zero-order chi connectivity index (χ0) is 20.4. The standard InChI is InChI=1S/C25H23ClN2O/c1-25(2,3)18-11-9-17(10-12-18)24-16-22(28-27-20-7-5-4-6-8-20)21-15-19(26)13-14-23(21)29-24/h4-16,27H,1-3H3/b28-22-. The minimum absolute atomic E-state index is 0.107. The van der Waals surface area contributed by atoms with Gasteiger partial charge in [-0.2, -0.15) is 5.10 Å². The monoisotopic (exact) mass is 402 g/mol. The van der Waals surface area contributed by atoms with E-state index in [4.69, 9.17) is 16.0 Å². The van der Waals surface area contributed by atoms with E-state index in [1.54, 1.807) is 0 Å². The lowest BCUT2D eigenvalue weighted by atomic mass is 9.86. The highest BCUT2D eigenvalue weighted by Crippen LogP contribution is 2.27. The number of fused-ring (bicyclic) bond motifs is 1. The number of nitrogens with zero attached hydrogens (tertiary/aromatic N) is 1. The maximum atomic E-state index is 6.22. The second-order valence-corrected chi connectivity index (χ2v) is 8.49. The van der Waals surface area contributed by atoms with Gasteiger partial charge in [-0.25, -0.2) is 0 Å². The molecule has 0 amide bonds. The fourth-order valence-corrected chi connectivity index (χ4v) is 3.32. The average Bonchev–Trinajstić information content (AvgIpc) is 2.72. The van der Waals surface area contributed by atoms with Crippen LogP contribution in [0.1, 0.15) is 26.3 Å². The third-order valence-corrected chi connectivity index (χ3v) is 5.06. The molecule has 0 radical (unpaired) electrons. The molecule has 4 heteroatoms. The van der Waals surface area contributed by atoms with Gasteiger partial charge in [-0.15, -0.1) is 0 Å². The van der Waals surface area contributed by atoms with Gasteiger partial charge in [0.15, 0.2) is 0 Å². The maximum Gasteiger partial charge on any atom is 0.137 e. The van der Waals surface area contributed by atoms with Gasteiger partial charge in [0.25, 0.3) is 0 Å². The Balaban J connectivity index is 1.83. The van der Waals surface area contributed by atoms with E-state index in [1.807, 2.05) is 54.6 Å². The van der Waals surface area contributed by atoms with Crippen LogP contribution in [0.15, 0.2) is 88.4 Å². The molecule has 0 atom stereocenters. The lowest BCUT2D eigenvalue weighted by Crippen LogP contribution is -2.10. The average molecular weight is 403 g/mol. The summed E-state index contributed by atoms with van der Waals surface area (Å²) >= 11 is 6.22. The first-order chi connectivity index (χ1) is 13.9.